The average Bonchev–Trinajstić information content (AvgIpc) is 2.20. The molecular weight excluding hydrogens is 200 g/mol. The van der Waals surface area contributed by atoms with Crippen molar-refractivity contribution in [1.82, 2.24) is 0 Å². The number of nitrogens with one attached hydrogen (secondary N) is 1. The Morgan fingerprint density at radius 3 is 2.62 bits per heavy atom. The summed E-state index contributed by atoms with van der Waals surface area (Å²) in [6.45, 7) is 5.97. The molecule has 16 heavy (non-hydrogen) atoms. The Morgan fingerprint density at radius 1 is 1.31 bits per heavy atom. The Hall–Kier alpha value is -1.69. The van der Waals surface area contributed by atoms with Gasteiger partial charge in [-0.1, -0.05) is 12.1 Å². The molecule has 0 amide bonds. The zero-order valence-corrected chi connectivity index (χ0v) is 10.0. The van der Waals surface area contributed by atoms with Crippen LogP contribution < -0.4 is 10.1 Å². The molecule has 0 aliphatic heterocycles. The van der Waals surface area contributed by atoms with Crippen molar-refractivity contribution >= 4 is 5.69 Å². The van der Waals surface area contributed by atoms with E-state index < -0.39 is 0 Å². The van der Waals surface area contributed by atoms with E-state index in [4.69, 9.17) is 10.00 Å². The minimum absolute atomic E-state index is 0.127. The van der Waals surface area contributed by atoms with Gasteiger partial charge < -0.3 is 10.1 Å². The van der Waals surface area contributed by atoms with Gasteiger partial charge in [0.2, 0.25) is 0 Å². The van der Waals surface area contributed by atoms with E-state index in [2.05, 4.69) is 11.4 Å². The molecule has 0 saturated carbocycles. The fraction of sp³-hybridized carbons (Fsp3) is 0.462. The third kappa shape index (κ3) is 3.82. The van der Waals surface area contributed by atoms with Crippen LogP contribution >= 0.6 is 0 Å². The van der Waals surface area contributed by atoms with E-state index >= 15 is 0 Å². The van der Waals surface area contributed by atoms with E-state index in [1.165, 1.54) is 0 Å². The van der Waals surface area contributed by atoms with Crippen LogP contribution in [0.3, 0.4) is 0 Å². The predicted octanol–water partition coefficient (Wildman–Crippen LogP) is 3.19. The lowest BCUT2D eigenvalue weighted by Crippen LogP contribution is -2.16. The average molecular weight is 218 g/mol. The summed E-state index contributed by atoms with van der Waals surface area (Å²) < 4.78 is 5.68. The zero-order chi connectivity index (χ0) is 12.0. The van der Waals surface area contributed by atoms with Crippen LogP contribution in [0.15, 0.2) is 24.3 Å². The predicted molar refractivity (Wildman–Crippen MR) is 65.5 cm³/mol. The van der Waals surface area contributed by atoms with Gasteiger partial charge in [0, 0.05) is 6.04 Å². The van der Waals surface area contributed by atoms with Crippen LogP contribution in [0.2, 0.25) is 0 Å². The summed E-state index contributed by atoms with van der Waals surface area (Å²) in [6, 6.07) is 10.1. The summed E-state index contributed by atoms with van der Waals surface area (Å²) >= 11 is 0. The maximum atomic E-state index is 8.61. The van der Waals surface area contributed by atoms with Gasteiger partial charge in [-0.3, -0.25) is 0 Å². The Balaban J connectivity index is 2.75. The van der Waals surface area contributed by atoms with Crippen LogP contribution in [0, 0.1) is 11.3 Å². The second-order valence-corrected chi connectivity index (χ2v) is 4.07. The first-order valence-electron chi connectivity index (χ1n) is 5.52. The topological polar surface area (TPSA) is 45.0 Å². The van der Waals surface area contributed by atoms with E-state index in [9.17, 15) is 0 Å². The lowest BCUT2D eigenvalue weighted by molar-refractivity contribution is 0.243. The summed E-state index contributed by atoms with van der Waals surface area (Å²) in [5.41, 5.74) is 0.943. The molecule has 1 atom stereocenters. The van der Waals surface area contributed by atoms with Gasteiger partial charge in [-0.05, 0) is 32.9 Å². The minimum Gasteiger partial charge on any atom is -0.489 e. The first-order chi connectivity index (χ1) is 7.63. The molecule has 86 valence electrons. The number of nitrogens with zero attached hydrogens (tertiary/aromatic N) is 1. The Kier molecular flexibility index (Phi) is 4.65. The van der Waals surface area contributed by atoms with Crippen molar-refractivity contribution < 1.29 is 4.74 Å². The first kappa shape index (κ1) is 12.4. The minimum atomic E-state index is 0.127. The second-order valence-electron chi connectivity index (χ2n) is 4.07. The maximum Gasteiger partial charge on any atom is 0.142 e. The number of para-hydroxylation sites is 2. The van der Waals surface area contributed by atoms with Crippen LogP contribution in [-0.4, -0.2) is 12.1 Å². The van der Waals surface area contributed by atoms with Crippen LogP contribution in [-0.2, 0) is 0 Å². The number of rotatable bonds is 5. The molecule has 1 rings (SSSR count). The lowest BCUT2D eigenvalue weighted by atomic mass is 10.2. The molecule has 0 saturated heterocycles. The molecule has 0 heterocycles. The highest BCUT2D eigenvalue weighted by Crippen LogP contribution is 2.25. The fourth-order valence-corrected chi connectivity index (χ4v) is 1.40. The van der Waals surface area contributed by atoms with Gasteiger partial charge in [-0.15, -0.1) is 0 Å². The van der Waals surface area contributed by atoms with Crippen molar-refractivity contribution in [3.05, 3.63) is 24.3 Å². The molecular formula is C13H18N2O. The molecule has 1 aromatic rings. The molecule has 1 unspecified atom stereocenters. The fourth-order valence-electron chi connectivity index (χ4n) is 1.40. The molecule has 0 aliphatic rings. The van der Waals surface area contributed by atoms with Gasteiger partial charge in [0.25, 0.3) is 0 Å². The highest BCUT2D eigenvalue weighted by molar-refractivity contribution is 5.56. The SMILES string of the molecule is CC(CC#N)Nc1ccccc1OC(C)C. The van der Waals surface area contributed by atoms with E-state index in [1.807, 2.05) is 45.0 Å². The number of hydrogen-bond acceptors (Lipinski definition) is 3. The number of benzene rings is 1. The van der Waals surface area contributed by atoms with Crippen LogP contribution in [0.4, 0.5) is 5.69 Å². The Bertz CT molecular complexity index is 368. The number of anilines is 1. The van der Waals surface area contributed by atoms with Crippen molar-refractivity contribution in [2.75, 3.05) is 5.32 Å². The first-order valence-corrected chi connectivity index (χ1v) is 5.52. The Labute approximate surface area is 97.0 Å². The molecule has 1 aromatic carbocycles. The standard InChI is InChI=1S/C13H18N2O/c1-10(2)16-13-7-5-4-6-12(13)15-11(3)8-9-14/h4-7,10-11,15H,8H2,1-3H3. The normalized spacial score (nSPS) is 11.9. The van der Waals surface area contributed by atoms with E-state index in [0.29, 0.717) is 6.42 Å². The third-order valence-electron chi connectivity index (χ3n) is 2.05. The third-order valence-corrected chi connectivity index (χ3v) is 2.05. The van der Waals surface area contributed by atoms with Gasteiger partial charge in [-0.25, -0.2) is 0 Å². The van der Waals surface area contributed by atoms with Crippen molar-refractivity contribution in [3.63, 3.8) is 0 Å². The lowest BCUT2D eigenvalue weighted by Gasteiger charge is -2.17. The molecule has 0 spiro atoms. The van der Waals surface area contributed by atoms with Gasteiger partial charge in [0.1, 0.15) is 5.75 Å². The van der Waals surface area contributed by atoms with Gasteiger partial charge in [-0.2, -0.15) is 5.26 Å². The number of nitriles is 1. The second kappa shape index (κ2) is 6.02. The number of hydrogen-bond donors (Lipinski definition) is 1. The van der Waals surface area contributed by atoms with E-state index in [0.717, 1.165) is 11.4 Å². The summed E-state index contributed by atoms with van der Waals surface area (Å²) in [5.74, 6) is 0.835. The number of ether oxygens (including phenoxy) is 1. The molecule has 0 aliphatic carbocycles. The van der Waals surface area contributed by atoms with Gasteiger partial charge >= 0.3 is 0 Å². The van der Waals surface area contributed by atoms with Crippen molar-refractivity contribution in [2.45, 2.75) is 39.3 Å². The highest BCUT2D eigenvalue weighted by atomic mass is 16.5. The van der Waals surface area contributed by atoms with Crippen molar-refractivity contribution in [1.29, 1.82) is 5.26 Å². The van der Waals surface area contributed by atoms with E-state index in [-0.39, 0.29) is 12.1 Å². The zero-order valence-electron chi connectivity index (χ0n) is 10.0. The molecule has 0 bridgehead atoms. The monoisotopic (exact) mass is 218 g/mol. The van der Waals surface area contributed by atoms with Crippen molar-refractivity contribution in [2.24, 2.45) is 0 Å². The molecule has 0 fully saturated rings. The largest absolute Gasteiger partial charge is 0.489 e. The van der Waals surface area contributed by atoms with Gasteiger partial charge in [0.15, 0.2) is 0 Å². The molecule has 0 radical (unpaired) electrons. The van der Waals surface area contributed by atoms with Crippen LogP contribution in [0.1, 0.15) is 27.2 Å². The summed E-state index contributed by atoms with van der Waals surface area (Å²) in [7, 11) is 0. The van der Waals surface area contributed by atoms with Crippen LogP contribution in [0.25, 0.3) is 0 Å². The molecule has 3 heteroatoms. The summed E-state index contributed by atoms with van der Waals surface area (Å²) in [5, 5.41) is 11.9. The molecule has 0 aromatic heterocycles. The summed E-state index contributed by atoms with van der Waals surface area (Å²) in [6.07, 6.45) is 0.630. The van der Waals surface area contributed by atoms with E-state index in [1.54, 1.807) is 0 Å². The molecule has 3 nitrogen and oxygen atoms in total. The smallest absolute Gasteiger partial charge is 0.142 e. The maximum absolute atomic E-state index is 8.61. The Morgan fingerprint density at radius 2 is 2.00 bits per heavy atom. The quantitative estimate of drug-likeness (QED) is 0.825. The van der Waals surface area contributed by atoms with Crippen LogP contribution in [0.5, 0.6) is 5.75 Å². The van der Waals surface area contributed by atoms with Crippen molar-refractivity contribution in [3.8, 4) is 11.8 Å². The highest BCUT2D eigenvalue weighted by Gasteiger charge is 2.07. The summed E-state index contributed by atoms with van der Waals surface area (Å²) in [4.78, 5) is 0. The van der Waals surface area contributed by atoms with Gasteiger partial charge in [0.05, 0.1) is 24.3 Å². The molecule has 1 N–H and O–H groups in total.